The fraction of sp³-hybridized carbons (Fsp3) is 0.0769. The number of aryl methyl sites for hydroxylation is 1. The highest BCUT2D eigenvalue weighted by Gasteiger charge is 2.14. The Morgan fingerprint density at radius 2 is 1.79 bits per heavy atom. The predicted molar refractivity (Wildman–Crippen MR) is 76.7 cm³/mol. The SMILES string of the molecule is Cc1cccc(Nc2cccc(S(N)(=O)=O)c2N)c1. The van der Waals surface area contributed by atoms with Gasteiger partial charge >= 0.3 is 0 Å². The van der Waals surface area contributed by atoms with E-state index in [-0.39, 0.29) is 10.6 Å². The van der Waals surface area contributed by atoms with Crippen molar-refractivity contribution in [2.45, 2.75) is 11.8 Å². The van der Waals surface area contributed by atoms with Crippen LogP contribution in [-0.2, 0) is 10.0 Å². The molecule has 5 N–H and O–H groups in total. The van der Waals surface area contributed by atoms with Crippen LogP contribution >= 0.6 is 0 Å². The molecule has 0 saturated heterocycles. The molecule has 5 nitrogen and oxygen atoms in total. The van der Waals surface area contributed by atoms with E-state index in [1.807, 2.05) is 31.2 Å². The van der Waals surface area contributed by atoms with Gasteiger partial charge in [0.15, 0.2) is 0 Å². The van der Waals surface area contributed by atoms with Gasteiger partial charge in [-0.15, -0.1) is 0 Å². The second-order valence-corrected chi connectivity index (χ2v) is 5.79. The van der Waals surface area contributed by atoms with Crippen molar-refractivity contribution in [3.63, 3.8) is 0 Å². The third-order valence-corrected chi connectivity index (χ3v) is 3.64. The second-order valence-electron chi connectivity index (χ2n) is 4.26. The van der Waals surface area contributed by atoms with Gasteiger partial charge in [0.05, 0.1) is 11.4 Å². The molecule has 0 aliphatic heterocycles. The predicted octanol–water partition coefficient (Wildman–Crippen LogP) is 1.97. The summed E-state index contributed by atoms with van der Waals surface area (Å²) in [6.45, 7) is 1.97. The van der Waals surface area contributed by atoms with Crippen molar-refractivity contribution in [1.82, 2.24) is 0 Å². The van der Waals surface area contributed by atoms with Crippen molar-refractivity contribution in [3.05, 3.63) is 48.0 Å². The molecule has 0 aliphatic carbocycles. The molecule has 6 heteroatoms. The zero-order valence-electron chi connectivity index (χ0n) is 10.4. The van der Waals surface area contributed by atoms with E-state index in [1.165, 1.54) is 6.07 Å². The van der Waals surface area contributed by atoms with Crippen LogP contribution in [0.5, 0.6) is 0 Å². The Labute approximate surface area is 112 Å². The van der Waals surface area contributed by atoms with Crippen LogP contribution in [0.1, 0.15) is 5.56 Å². The van der Waals surface area contributed by atoms with E-state index < -0.39 is 10.0 Å². The van der Waals surface area contributed by atoms with Crippen LogP contribution in [0, 0.1) is 6.92 Å². The molecular weight excluding hydrogens is 262 g/mol. The van der Waals surface area contributed by atoms with E-state index in [0.717, 1.165) is 11.3 Å². The zero-order valence-corrected chi connectivity index (χ0v) is 11.2. The van der Waals surface area contributed by atoms with Crippen LogP contribution in [0.2, 0.25) is 0 Å². The third kappa shape index (κ3) is 3.04. The molecule has 0 aromatic heterocycles. The lowest BCUT2D eigenvalue weighted by Gasteiger charge is -2.12. The minimum Gasteiger partial charge on any atom is -0.396 e. The fourth-order valence-corrected chi connectivity index (χ4v) is 2.46. The molecule has 0 saturated carbocycles. The number of nitrogens with two attached hydrogens (primary N) is 2. The largest absolute Gasteiger partial charge is 0.396 e. The molecule has 2 rings (SSSR count). The van der Waals surface area contributed by atoms with Crippen LogP contribution in [0.3, 0.4) is 0 Å². The third-order valence-electron chi connectivity index (χ3n) is 2.67. The summed E-state index contributed by atoms with van der Waals surface area (Å²) in [4.78, 5) is -0.0786. The smallest absolute Gasteiger partial charge is 0.240 e. The highest BCUT2D eigenvalue weighted by molar-refractivity contribution is 7.89. The normalized spacial score (nSPS) is 11.3. The maximum atomic E-state index is 11.4. The second kappa shape index (κ2) is 4.91. The lowest BCUT2D eigenvalue weighted by Crippen LogP contribution is -2.15. The van der Waals surface area contributed by atoms with Gasteiger partial charge in [0, 0.05) is 5.69 Å². The first-order valence-electron chi connectivity index (χ1n) is 5.63. The molecule has 0 radical (unpaired) electrons. The highest BCUT2D eigenvalue weighted by atomic mass is 32.2. The van der Waals surface area contributed by atoms with E-state index in [9.17, 15) is 8.42 Å². The summed E-state index contributed by atoms with van der Waals surface area (Å²) < 4.78 is 22.8. The Bertz CT molecular complexity index is 712. The molecule has 2 aromatic carbocycles. The molecular formula is C13H15N3O2S. The Kier molecular flexibility index (Phi) is 3.46. The number of hydrogen-bond donors (Lipinski definition) is 3. The molecule has 0 unspecified atom stereocenters. The van der Waals surface area contributed by atoms with Crippen molar-refractivity contribution < 1.29 is 8.42 Å². The molecule has 0 spiro atoms. The number of para-hydroxylation sites is 1. The van der Waals surface area contributed by atoms with Gasteiger partial charge in [-0.2, -0.15) is 0 Å². The maximum Gasteiger partial charge on any atom is 0.240 e. The fourth-order valence-electron chi connectivity index (χ4n) is 1.78. The monoisotopic (exact) mass is 277 g/mol. The van der Waals surface area contributed by atoms with E-state index >= 15 is 0 Å². The number of sulfonamides is 1. The molecule has 2 aromatic rings. The molecule has 0 heterocycles. The van der Waals surface area contributed by atoms with E-state index in [0.29, 0.717) is 5.69 Å². The number of benzene rings is 2. The van der Waals surface area contributed by atoms with Gasteiger partial charge in [0.1, 0.15) is 4.90 Å². The first-order valence-corrected chi connectivity index (χ1v) is 7.17. The average Bonchev–Trinajstić information content (AvgIpc) is 2.30. The molecule has 0 bridgehead atoms. The number of nitrogens with one attached hydrogen (secondary N) is 1. The number of anilines is 3. The van der Waals surface area contributed by atoms with Crippen LogP contribution < -0.4 is 16.2 Å². The van der Waals surface area contributed by atoms with E-state index in [4.69, 9.17) is 10.9 Å². The zero-order chi connectivity index (χ0) is 14.0. The summed E-state index contributed by atoms with van der Waals surface area (Å²) >= 11 is 0. The first kappa shape index (κ1) is 13.4. The van der Waals surface area contributed by atoms with Crippen molar-refractivity contribution >= 4 is 27.1 Å². The summed E-state index contributed by atoms with van der Waals surface area (Å²) in [5, 5.41) is 8.19. The summed E-state index contributed by atoms with van der Waals surface area (Å²) in [6.07, 6.45) is 0. The van der Waals surface area contributed by atoms with E-state index in [1.54, 1.807) is 12.1 Å². The van der Waals surface area contributed by atoms with Crippen LogP contribution in [0.15, 0.2) is 47.4 Å². The number of nitrogen functional groups attached to an aromatic ring is 1. The average molecular weight is 277 g/mol. The maximum absolute atomic E-state index is 11.4. The minimum absolute atomic E-state index is 0.0786. The topological polar surface area (TPSA) is 98.2 Å². The molecule has 0 atom stereocenters. The highest BCUT2D eigenvalue weighted by Crippen LogP contribution is 2.28. The van der Waals surface area contributed by atoms with Crippen LogP contribution in [0.25, 0.3) is 0 Å². The lowest BCUT2D eigenvalue weighted by molar-refractivity contribution is 0.598. The van der Waals surface area contributed by atoms with Gasteiger partial charge < -0.3 is 11.1 Å². The molecule has 0 aliphatic rings. The molecule has 0 amide bonds. The van der Waals surface area contributed by atoms with Crippen molar-refractivity contribution in [1.29, 1.82) is 0 Å². The molecule has 0 fully saturated rings. The van der Waals surface area contributed by atoms with Crippen LogP contribution in [0.4, 0.5) is 17.1 Å². The van der Waals surface area contributed by atoms with Gasteiger partial charge in [0.25, 0.3) is 0 Å². The molecule has 100 valence electrons. The first-order chi connectivity index (χ1) is 8.88. The van der Waals surface area contributed by atoms with Gasteiger partial charge in [-0.3, -0.25) is 0 Å². The van der Waals surface area contributed by atoms with Crippen LogP contribution in [-0.4, -0.2) is 8.42 Å². The van der Waals surface area contributed by atoms with Crippen molar-refractivity contribution in [3.8, 4) is 0 Å². The summed E-state index contributed by atoms with van der Waals surface area (Å²) in [6, 6.07) is 12.3. The standard InChI is InChI=1S/C13H15N3O2S/c1-9-4-2-5-10(8-9)16-11-6-3-7-12(13(11)14)19(15,17)18/h2-8,16H,14H2,1H3,(H2,15,17,18). The summed E-state index contributed by atoms with van der Waals surface area (Å²) in [5.41, 5.74) is 8.38. The summed E-state index contributed by atoms with van der Waals surface area (Å²) in [5.74, 6) is 0. The van der Waals surface area contributed by atoms with Crippen molar-refractivity contribution in [2.75, 3.05) is 11.1 Å². The number of hydrogen-bond acceptors (Lipinski definition) is 4. The van der Waals surface area contributed by atoms with Gasteiger partial charge in [-0.05, 0) is 36.8 Å². The van der Waals surface area contributed by atoms with Gasteiger partial charge in [-0.25, -0.2) is 13.6 Å². The van der Waals surface area contributed by atoms with Gasteiger partial charge in [0.2, 0.25) is 10.0 Å². The van der Waals surface area contributed by atoms with Gasteiger partial charge in [-0.1, -0.05) is 18.2 Å². The Morgan fingerprint density at radius 1 is 1.11 bits per heavy atom. The minimum atomic E-state index is -3.82. The Hall–Kier alpha value is -2.05. The number of rotatable bonds is 3. The van der Waals surface area contributed by atoms with E-state index in [2.05, 4.69) is 5.32 Å². The Morgan fingerprint density at radius 3 is 2.42 bits per heavy atom. The van der Waals surface area contributed by atoms with Crippen molar-refractivity contribution in [2.24, 2.45) is 5.14 Å². The quantitative estimate of drug-likeness (QED) is 0.747. The Balaban J connectivity index is 2.42. The summed E-state index contributed by atoms with van der Waals surface area (Å²) in [7, 11) is -3.82. The lowest BCUT2D eigenvalue weighted by atomic mass is 10.2. The number of primary sulfonamides is 1. The molecule has 19 heavy (non-hydrogen) atoms.